The van der Waals surface area contributed by atoms with Crippen LogP contribution in [0.25, 0.3) is 0 Å². The Hall–Kier alpha value is -3.47. The van der Waals surface area contributed by atoms with Gasteiger partial charge < -0.3 is 19.7 Å². The SMILES string of the molecule is CCOC(=O)CCN1CCN(CC2CN(c3ccc(C(=N)NC(=O)c4ccccc4Cl)cc3)C(=O)O2)CC1. The predicted octanol–water partition coefficient (Wildman–Crippen LogP) is 2.99. The molecule has 0 aromatic heterocycles. The van der Waals surface area contributed by atoms with Crippen molar-refractivity contribution in [2.75, 3.05) is 57.3 Å². The molecule has 2 saturated heterocycles. The molecule has 2 amide bonds. The Labute approximate surface area is 226 Å². The van der Waals surface area contributed by atoms with Crippen LogP contribution in [0.4, 0.5) is 10.5 Å². The number of esters is 1. The number of benzene rings is 2. The number of hydrogen-bond acceptors (Lipinski definition) is 8. The van der Waals surface area contributed by atoms with E-state index >= 15 is 0 Å². The largest absolute Gasteiger partial charge is 0.466 e. The number of ether oxygens (including phenoxy) is 2. The van der Waals surface area contributed by atoms with Gasteiger partial charge in [0.15, 0.2) is 0 Å². The maximum atomic E-state index is 12.6. The normalized spacial score (nSPS) is 18.2. The van der Waals surface area contributed by atoms with Crippen molar-refractivity contribution in [1.29, 1.82) is 5.41 Å². The number of piperazine rings is 1. The molecular weight excluding hydrogens is 510 g/mol. The van der Waals surface area contributed by atoms with Crippen LogP contribution < -0.4 is 10.2 Å². The summed E-state index contributed by atoms with van der Waals surface area (Å²) in [6, 6.07) is 13.5. The van der Waals surface area contributed by atoms with E-state index in [9.17, 15) is 14.4 Å². The molecule has 0 aliphatic carbocycles. The molecule has 0 saturated carbocycles. The van der Waals surface area contributed by atoms with Crippen molar-refractivity contribution in [2.24, 2.45) is 0 Å². The molecule has 2 aliphatic rings. The fourth-order valence-electron chi connectivity index (χ4n) is 4.50. The fourth-order valence-corrected chi connectivity index (χ4v) is 4.72. The number of carbonyl (C=O) groups excluding carboxylic acids is 3. The Morgan fingerprint density at radius 3 is 2.45 bits per heavy atom. The average molecular weight is 542 g/mol. The molecule has 2 fully saturated rings. The first-order valence-electron chi connectivity index (χ1n) is 12.7. The van der Waals surface area contributed by atoms with Crippen LogP contribution in [0.15, 0.2) is 48.5 Å². The third-order valence-electron chi connectivity index (χ3n) is 6.56. The molecule has 0 radical (unpaired) electrons. The number of hydrogen-bond donors (Lipinski definition) is 2. The van der Waals surface area contributed by atoms with Crippen molar-refractivity contribution < 1.29 is 23.9 Å². The Kier molecular flexibility index (Phi) is 9.33. The van der Waals surface area contributed by atoms with Crippen LogP contribution in [0.5, 0.6) is 0 Å². The first kappa shape index (κ1) is 27.6. The van der Waals surface area contributed by atoms with Gasteiger partial charge in [-0.15, -0.1) is 0 Å². The highest BCUT2D eigenvalue weighted by Gasteiger charge is 2.34. The Balaban J connectivity index is 1.24. The standard InChI is InChI=1S/C27H32ClN5O5/c1-2-37-24(34)11-12-31-13-15-32(16-14-31)17-21-18-33(27(36)38-21)20-9-7-19(8-10-20)25(29)30-26(35)22-5-3-4-6-23(22)28/h3-10,21H,2,11-18H2,1H3,(H2,29,30,35). The molecule has 11 heteroatoms. The summed E-state index contributed by atoms with van der Waals surface area (Å²) in [7, 11) is 0. The van der Waals surface area contributed by atoms with Crippen LogP contribution in [0.2, 0.25) is 5.02 Å². The second kappa shape index (κ2) is 12.9. The van der Waals surface area contributed by atoms with Crippen molar-refractivity contribution in [3.05, 3.63) is 64.7 Å². The number of carbonyl (C=O) groups is 3. The summed E-state index contributed by atoms with van der Waals surface area (Å²) in [6.07, 6.45) is -0.255. The van der Waals surface area contributed by atoms with Crippen molar-refractivity contribution in [3.63, 3.8) is 0 Å². The van der Waals surface area contributed by atoms with E-state index in [1.54, 1.807) is 60.4 Å². The minimum Gasteiger partial charge on any atom is -0.466 e. The van der Waals surface area contributed by atoms with Gasteiger partial charge in [-0.05, 0) is 43.3 Å². The molecule has 2 aromatic carbocycles. The molecule has 1 unspecified atom stereocenters. The summed E-state index contributed by atoms with van der Waals surface area (Å²) in [5, 5.41) is 11.1. The fraction of sp³-hybridized carbons (Fsp3) is 0.407. The first-order valence-corrected chi connectivity index (χ1v) is 13.0. The molecule has 2 aromatic rings. The van der Waals surface area contributed by atoms with E-state index in [0.717, 1.165) is 26.2 Å². The van der Waals surface area contributed by atoms with Gasteiger partial charge in [-0.2, -0.15) is 0 Å². The van der Waals surface area contributed by atoms with Crippen LogP contribution in [-0.2, 0) is 14.3 Å². The molecule has 1 atom stereocenters. The maximum absolute atomic E-state index is 12.6. The van der Waals surface area contributed by atoms with Crippen LogP contribution in [0, 0.1) is 5.41 Å². The number of anilines is 1. The van der Waals surface area contributed by atoms with E-state index in [2.05, 4.69) is 15.1 Å². The van der Waals surface area contributed by atoms with Crippen LogP contribution >= 0.6 is 11.6 Å². The number of amidine groups is 1. The average Bonchev–Trinajstić information content (AvgIpc) is 3.28. The Bertz CT molecular complexity index is 1170. The Morgan fingerprint density at radius 2 is 1.76 bits per heavy atom. The zero-order valence-electron chi connectivity index (χ0n) is 21.3. The zero-order valence-corrected chi connectivity index (χ0v) is 22.1. The quantitative estimate of drug-likeness (QED) is 0.285. The number of rotatable bonds is 9. The second-order valence-electron chi connectivity index (χ2n) is 9.17. The lowest BCUT2D eigenvalue weighted by molar-refractivity contribution is -0.143. The van der Waals surface area contributed by atoms with E-state index < -0.39 is 12.0 Å². The van der Waals surface area contributed by atoms with Gasteiger partial charge in [0.05, 0.1) is 30.2 Å². The van der Waals surface area contributed by atoms with E-state index in [0.29, 0.717) is 54.5 Å². The second-order valence-corrected chi connectivity index (χ2v) is 9.58. The number of nitrogens with zero attached hydrogens (tertiary/aromatic N) is 3. The van der Waals surface area contributed by atoms with Crippen molar-refractivity contribution >= 4 is 41.1 Å². The molecule has 2 N–H and O–H groups in total. The van der Waals surface area contributed by atoms with Gasteiger partial charge in [0.25, 0.3) is 5.91 Å². The lowest BCUT2D eigenvalue weighted by atomic mass is 10.1. The van der Waals surface area contributed by atoms with Gasteiger partial charge in [-0.25, -0.2) is 4.79 Å². The molecule has 202 valence electrons. The van der Waals surface area contributed by atoms with Gasteiger partial charge in [-0.1, -0.05) is 23.7 Å². The summed E-state index contributed by atoms with van der Waals surface area (Å²) >= 11 is 6.07. The topological polar surface area (TPSA) is 115 Å². The number of nitrogens with one attached hydrogen (secondary N) is 2. The molecule has 0 spiro atoms. The van der Waals surface area contributed by atoms with Gasteiger partial charge in [0, 0.05) is 50.5 Å². The van der Waals surface area contributed by atoms with Crippen molar-refractivity contribution in [3.8, 4) is 0 Å². The van der Waals surface area contributed by atoms with E-state index in [1.807, 2.05) is 0 Å². The lowest BCUT2D eigenvalue weighted by Crippen LogP contribution is -2.49. The highest BCUT2D eigenvalue weighted by atomic mass is 35.5. The van der Waals surface area contributed by atoms with Crippen LogP contribution in [0.1, 0.15) is 29.3 Å². The minimum atomic E-state index is -0.463. The molecule has 0 bridgehead atoms. The van der Waals surface area contributed by atoms with Gasteiger partial charge in [0.2, 0.25) is 0 Å². The van der Waals surface area contributed by atoms with E-state index in [4.69, 9.17) is 26.5 Å². The van der Waals surface area contributed by atoms with Crippen LogP contribution in [-0.4, -0.2) is 92.1 Å². The van der Waals surface area contributed by atoms with Gasteiger partial charge >= 0.3 is 12.1 Å². The summed E-state index contributed by atoms with van der Waals surface area (Å²) in [5.41, 5.74) is 1.45. The van der Waals surface area contributed by atoms with Crippen molar-refractivity contribution in [1.82, 2.24) is 15.1 Å². The molecule has 38 heavy (non-hydrogen) atoms. The molecule has 10 nitrogen and oxygen atoms in total. The third kappa shape index (κ3) is 7.09. The monoisotopic (exact) mass is 541 g/mol. The predicted molar refractivity (Wildman–Crippen MR) is 144 cm³/mol. The highest BCUT2D eigenvalue weighted by Crippen LogP contribution is 2.23. The van der Waals surface area contributed by atoms with Gasteiger partial charge in [-0.3, -0.25) is 24.8 Å². The summed E-state index contributed by atoms with van der Waals surface area (Å²) in [4.78, 5) is 42.7. The summed E-state index contributed by atoms with van der Waals surface area (Å²) < 4.78 is 10.6. The number of cyclic esters (lactones) is 1. The van der Waals surface area contributed by atoms with E-state index in [1.165, 1.54) is 0 Å². The van der Waals surface area contributed by atoms with Gasteiger partial charge in [0.1, 0.15) is 11.9 Å². The zero-order chi connectivity index (χ0) is 27.1. The highest BCUT2D eigenvalue weighted by molar-refractivity contribution is 6.34. The first-order chi connectivity index (χ1) is 18.3. The molecular formula is C27H32ClN5O5. The molecule has 4 rings (SSSR count). The summed E-state index contributed by atoms with van der Waals surface area (Å²) in [5.74, 6) is -0.695. The number of amides is 2. The molecule has 2 heterocycles. The molecule has 2 aliphatic heterocycles. The minimum absolute atomic E-state index is 0.0651. The summed E-state index contributed by atoms with van der Waals surface area (Å²) in [6.45, 7) is 7.36. The number of halogens is 1. The Morgan fingerprint density at radius 1 is 1.08 bits per heavy atom. The third-order valence-corrected chi connectivity index (χ3v) is 6.89. The van der Waals surface area contributed by atoms with E-state index in [-0.39, 0.29) is 17.9 Å². The maximum Gasteiger partial charge on any atom is 0.414 e. The van der Waals surface area contributed by atoms with Crippen LogP contribution in [0.3, 0.4) is 0 Å². The smallest absolute Gasteiger partial charge is 0.414 e. The van der Waals surface area contributed by atoms with Crippen molar-refractivity contribution in [2.45, 2.75) is 19.4 Å². The lowest BCUT2D eigenvalue weighted by Gasteiger charge is -2.35.